The van der Waals surface area contributed by atoms with Gasteiger partial charge in [0.2, 0.25) is 0 Å². The lowest BCUT2D eigenvalue weighted by molar-refractivity contribution is 0.475. The Hall–Kier alpha value is -1.76. The van der Waals surface area contributed by atoms with Crippen molar-refractivity contribution in [2.45, 2.75) is 104 Å². The van der Waals surface area contributed by atoms with Crippen LogP contribution in [0.4, 0.5) is 0 Å². The Kier molecular flexibility index (Phi) is 10.3. The molecule has 0 aliphatic rings. The summed E-state index contributed by atoms with van der Waals surface area (Å²) in [5, 5.41) is 10.6. The highest BCUT2D eigenvalue weighted by molar-refractivity contribution is 5.70. The largest absolute Gasteiger partial charge is 0.507 e. The summed E-state index contributed by atoms with van der Waals surface area (Å²) in [5.41, 5.74) is 4.70. The second kappa shape index (κ2) is 12.7. The first-order valence-electron chi connectivity index (χ1n) is 12.0. The number of phenolic OH excluding ortho intramolecular Hbond substituents is 1. The third-order valence-corrected chi connectivity index (χ3v) is 6.36. The summed E-state index contributed by atoms with van der Waals surface area (Å²) in [5.74, 6) is 1.51. The molecule has 2 rings (SSSR count). The lowest BCUT2D eigenvalue weighted by Crippen LogP contribution is -1.95. The van der Waals surface area contributed by atoms with Crippen LogP contribution in [0.5, 0.6) is 5.75 Å². The Morgan fingerprint density at radius 3 is 1.69 bits per heavy atom. The van der Waals surface area contributed by atoms with Crippen molar-refractivity contribution in [3.63, 3.8) is 0 Å². The summed E-state index contributed by atoms with van der Waals surface area (Å²) in [6.07, 6.45) is 12.9. The van der Waals surface area contributed by atoms with E-state index in [4.69, 9.17) is 0 Å². The van der Waals surface area contributed by atoms with Gasteiger partial charge in [0.1, 0.15) is 5.75 Å². The van der Waals surface area contributed by atoms with E-state index in [2.05, 4.69) is 64.1 Å². The molecule has 0 fully saturated rings. The van der Waals surface area contributed by atoms with Gasteiger partial charge in [-0.3, -0.25) is 0 Å². The van der Waals surface area contributed by atoms with Crippen LogP contribution in [0.25, 0.3) is 11.1 Å². The van der Waals surface area contributed by atoms with Crippen molar-refractivity contribution in [3.8, 4) is 16.9 Å². The van der Waals surface area contributed by atoms with Crippen molar-refractivity contribution in [2.24, 2.45) is 0 Å². The van der Waals surface area contributed by atoms with Crippen molar-refractivity contribution in [1.29, 1.82) is 0 Å². The zero-order valence-corrected chi connectivity index (χ0v) is 19.2. The minimum Gasteiger partial charge on any atom is -0.507 e. The number of benzene rings is 2. The Morgan fingerprint density at radius 2 is 1.17 bits per heavy atom. The lowest BCUT2D eigenvalue weighted by Gasteiger charge is -2.15. The summed E-state index contributed by atoms with van der Waals surface area (Å²) in [6.45, 7) is 9.12. The Bertz CT molecular complexity index is 701. The maximum absolute atomic E-state index is 10.6. The third-order valence-electron chi connectivity index (χ3n) is 6.36. The van der Waals surface area contributed by atoms with Crippen LogP contribution in [0.3, 0.4) is 0 Å². The fraction of sp³-hybridized carbons (Fsp3) is 0.571. The first-order valence-corrected chi connectivity index (χ1v) is 12.0. The molecule has 160 valence electrons. The van der Waals surface area contributed by atoms with Gasteiger partial charge in [-0.25, -0.2) is 0 Å². The highest BCUT2D eigenvalue weighted by Gasteiger charge is 2.11. The molecule has 0 aromatic heterocycles. The van der Waals surface area contributed by atoms with E-state index in [1.54, 1.807) is 0 Å². The first-order chi connectivity index (χ1) is 14.1. The Morgan fingerprint density at radius 1 is 0.655 bits per heavy atom. The zero-order valence-electron chi connectivity index (χ0n) is 19.2. The molecular weight excluding hydrogens is 352 g/mol. The highest BCUT2D eigenvalue weighted by atomic mass is 16.3. The van der Waals surface area contributed by atoms with Crippen LogP contribution in [0.2, 0.25) is 0 Å². The standard InChI is InChI=1S/C28H42O/c1-5-7-9-11-13-22(3)24-15-17-25(18-16-24)27-20-19-26(21-28(27)29)23(4)14-12-10-8-6-2/h15-23,29H,5-14H2,1-4H3. The normalized spacial score (nSPS) is 13.4. The summed E-state index contributed by atoms with van der Waals surface area (Å²) in [6, 6.07) is 15.1. The summed E-state index contributed by atoms with van der Waals surface area (Å²) >= 11 is 0. The molecule has 1 N–H and O–H groups in total. The van der Waals surface area contributed by atoms with Gasteiger partial charge in [0.05, 0.1) is 0 Å². The summed E-state index contributed by atoms with van der Waals surface area (Å²) in [7, 11) is 0. The Balaban J connectivity index is 1.97. The van der Waals surface area contributed by atoms with E-state index in [9.17, 15) is 5.11 Å². The molecule has 0 bridgehead atoms. The van der Waals surface area contributed by atoms with Gasteiger partial charge in [-0.05, 0) is 47.4 Å². The van der Waals surface area contributed by atoms with Crippen LogP contribution >= 0.6 is 0 Å². The summed E-state index contributed by atoms with van der Waals surface area (Å²) < 4.78 is 0. The minimum atomic E-state index is 0.406. The van der Waals surface area contributed by atoms with Crippen molar-refractivity contribution in [1.82, 2.24) is 0 Å². The molecule has 2 aromatic rings. The highest BCUT2D eigenvalue weighted by Crippen LogP contribution is 2.34. The molecule has 0 saturated carbocycles. The van der Waals surface area contributed by atoms with Gasteiger partial charge in [-0.2, -0.15) is 0 Å². The quantitative estimate of drug-likeness (QED) is 0.336. The van der Waals surface area contributed by atoms with Gasteiger partial charge >= 0.3 is 0 Å². The van der Waals surface area contributed by atoms with E-state index in [1.807, 2.05) is 6.07 Å². The van der Waals surface area contributed by atoms with Crippen LogP contribution in [0.1, 0.15) is 115 Å². The third kappa shape index (κ3) is 7.53. The van der Waals surface area contributed by atoms with Gasteiger partial charge in [0.25, 0.3) is 0 Å². The monoisotopic (exact) mass is 394 g/mol. The molecule has 2 aromatic carbocycles. The summed E-state index contributed by atoms with van der Waals surface area (Å²) in [4.78, 5) is 0. The smallest absolute Gasteiger partial charge is 0.123 e. The molecule has 0 heterocycles. The van der Waals surface area contributed by atoms with Gasteiger partial charge in [-0.1, -0.05) is 115 Å². The predicted molar refractivity (Wildman–Crippen MR) is 128 cm³/mol. The van der Waals surface area contributed by atoms with Gasteiger partial charge in [0.15, 0.2) is 0 Å². The van der Waals surface area contributed by atoms with E-state index >= 15 is 0 Å². The van der Waals surface area contributed by atoms with E-state index in [0.29, 0.717) is 17.6 Å². The molecule has 0 aliphatic carbocycles. The van der Waals surface area contributed by atoms with Gasteiger partial charge in [0, 0.05) is 5.56 Å². The predicted octanol–water partition coefficient (Wildman–Crippen LogP) is 9.21. The maximum Gasteiger partial charge on any atom is 0.123 e. The molecule has 0 aliphatic heterocycles. The number of rotatable bonds is 13. The van der Waals surface area contributed by atoms with Crippen LogP contribution in [-0.4, -0.2) is 5.11 Å². The van der Waals surface area contributed by atoms with Crippen LogP contribution in [-0.2, 0) is 0 Å². The number of aromatic hydroxyl groups is 1. The molecule has 0 spiro atoms. The molecule has 1 nitrogen and oxygen atoms in total. The van der Waals surface area contributed by atoms with Gasteiger partial charge < -0.3 is 5.11 Å². The van der Waals surface area contributed by atoms with E-state index < -0.39 is 0 Å². The number of hydrogen-bond donors (Lipinski definition) is 1. The molecule has 1 heteroatoms. The van der Waals surface area contributed by atoms with Crippen LogP contribution < -0.4 is 0 Å². The Labute approximate surface area is 179 Å². The second-order valence-corrected chi connectivity index (χ2v) is 8.90. The molecule has 0 radical (unpaired) electrons. The maximum atomic E-state index is 10.6. The second-order valence-electron chi connectivity index (χ2n) is 8.90. The molecular formula is C28H42O. The first kappa shape index (κ1) is 23.5. The molecule has 2 unspecified atom stereocenters. The number of hydrogen-bond acceptors (Lipinski definition) is 1. The molecule has 0 amide bonds. The van der Waals surface area contributed by atoms with E-state index in [-0.39, 0.29) is 0 Å². The SMILES string of the molecule is CCCCCCC(C)c1ccc(-c2ccc(C(C)CCCCCC)cc2O)cc1. The minimum absolute atomic E-state index is 0.406. The van der Waals surface area contributed by atoms with Gasteiger partial charge in [-0.15, -0.1) is 0 Å². The molecule has 2 atom stereocenters. The van der Waals surface area contributed by atoms with Crippen molar-refractivity contribution in [3.05, 3.63) is 53.6 Å². The average molecular weight is 395 g/mol. The van der Waals surface area contributed by atoms with Crippen LogP contribution in [0, 0.1) is 0 Å². The fourth-order valence-corrected chi connectivity index (χ4v) is 4.18. The van der Waals surface area contributed by atoms with Crippen molar-refractivity contribution < 1.29 is 5.11 Å². The van der Waals surface area contributed by atoms with E-state index in [1.165, 1.54) is 75.3 Å². The topological polar surface area (TPSA) is 20.2 Å². The number of phenols is 1. The molecule has 29 heavy (non-hydrogen) atoms. The average Bonchev–Trinajstić information content (AvgIpc) is 2.74. The lowest BCUT2D eigenvalue weighted by atomic mass is 9.91. The van der Waals surface area contributed by atoms with Crippen molar-refractivity contribution in [2.75, 3.05) is 0 Å². The number of unbranched alkanes of at least 4 members (excludes halogenated alkanes) is 6. The fourth-order valence-electron chi connectivity index (χ4n) is 4.18. The van der Waals surface area contributed by atoms with E-state index in [0.717, 1.165) is 11.1 Å². The molecule has 0 saturated heterocycles. The van der Waals surface area contributed by atoms with Crippen molar-refractivity contribution >= 4 is 0 Å². The zero-order chi connectivity index (χ0) is 21.1. The van der Waals surface area contributed by atoms with Crippen LogP contribution in [0.15, 0.2) is 42.5 Å².